The summed E-state index contributed by atoms with van der Waals surface area (Å²) in [5.74, 6) is 1.13. The first kappa shape index (κ1) is 20.7. The lowest BCUT2D eigenvalue weighted by Gasteiger charge is -2.37. The summed E-state index contributed by atoms with van der Waals surface area (Å²) in [5, 5.41) is 10.3. The van der Waals surface area contributed by atoms with Gasteiger partial charge in [-0.3, -0.25) is 9.69 Å². The van der Waals surface area contributed by atoms with E-state index in [1.165, 1.54) is 4.90 Å². The molecule has 0 bridgehead atoms. The van der Waals surface area contributed by atoms with Crippen LogP contribution >= 0.6 is 23.4 Å². The molecule has 1 fully saturated rings. The molecule has 1 aliphatic rings. The monoisotopic (exact) mass is 413 g/mol. The molecule has 146 valence electrons. The predicted molar refractivity (Wildman–Crippen MR) is 114 cm³/mol. The molecule has 2 aromatic carbocycles. The van der Waals surface area contributed by atoms with Crippen LogP contribution in [0.25, 0.3) is 0 Å². The molecule has 4 nitrogen and oxygen atoms in total. The van der Waals surface area contributed by atoms with Gasteiger partial charge in [0.05, 0.1) is 6.07 Å². The molecule has 1 atom stereocenters. The molecule has 0 saturated carbocycles. The van der Waals surface area contributed by atoms with Gasteiger partial charge in [0.1, 0.15) is 6.04 Å². The van der Waals surface area contributed by atoms with Crippen LogP contribution in [0.2, 0.25) is 5.02 Å². The van der Waals surface area contributed by atoms with Gasteiger partial charge >= 0.3 is 0 Å². The second kappa shape index (κ2) is 10.5. The smallest absolute Gasteiger partial charge is 0.222 e. The summed E-state index contributed by atoms with van der Waals surface area (Å²) in [7, 11) is 0. The van der Waals surface area contributed by atoms with Crippen molar-refractivity contribution in [3.8, 4) is 6.07 Å². The second-order valence-electron chi connectivity index (χ2n) is 6.77. The highest BCUT2D eigenvalue weighted by Crippen LogP contribution is 2.23. The van der Waals surface area contributed by atoms with E-state index in [4.69, 9.17) is 11.6 Å². The second-order valence-corrected chi connectivity index (χ2v) is 8.37. The van der Waals surface area contributed by atoms with E-state index in [0.29, 0.717) is 19.5 Å². The van der Waals surface area contributed by atoms with Gasteiger partial charge in [-0.2, -0.15) is 5.26 Å². The lowest BCUT2D eigenvalue weighted by atomic mass is 10.1. The van der Waals surface area contributed by atoms with Gasteiger partial charge in [0, 0.05) is 42.5 Å². The number of piperazine rings is 1. The number of thioether (sulfide) groups is 1. The standard InChI is InChI=1S/C22H24ClN3OS/c23-19-8-10-20(11-9-19)28-16-4-7-22(27)26-14-12-25(13-15-26)21(17-24)18-5-2-1-3-6-18/h1-3,5-6,8-11,21H,4,7,12-16H2. The summed E-state index contributed by atoms with van der Waals surface area (Å²) in [5.41, 5.74) is 1.02. The average Bonchev–Trinajstić information content (AvgIpc) is 2.74. The highest BCUT2D eigenvalue weighted by molar-refractivity contribution is 7.99. The number of carbonyl (C=O) groups excluding carboxylic acids is 1. The van der Waals surface area contributed by atoms with Crippen LogP contribution in [0.1, 0.15) is 24.4 Å². The van der Waals surface area contributed by atoms with E-state index >= 15 is 0 Å². The maximum Gasteiger partial charge on any atom is 0.222 e. The van der Waals surface area contributed by atoms with E-state index in [1.807, 2.05) is 59.5 Å². The Labute approximate surface area is 176 Å². The molecule has 1 amide bonds. The third-order valence-electron chi connectivity index (χ3n) is 4.89. The lowest BCUT2D eigenvalue weighted by Crippen LogP contribution is -2.49. The molecule has 0 radical (unpaired) electrons. The molecule has 0 aliphatic carbocycles. The minimum Gasteiger partial charge on any atom is -0.340 e. The van der Waals surface area contributed by atoms with Crippen LogP contribution in [-0.2, 0) is 4.79 Å². The number of rotatable bonds is 7. The van der Waals surface area contributed by atoms with E-state index in [9.17, 15) is 10.1 Å². The van der Waals surface area contributed by atoms with E-state index < -0.39 is 0 Å². The third kappa shape index (κ3) is 5.75. The summed E-state index contributed by atoms with van der Waals surface area (Å²) in [4.78, 5) is 17.8. The van der Waals surface area contributed by atoms with E-state index in [2.05, 4.69) is 11.0 Å². The SMILES string of the molecule is N#CC(c1ccccc1)N1CCN(C(=O)CCCSc2ccc(Cl)cc2)CC1. The average molecular weight is 414 g/mol. The maximum absolute atomic E-state index is 12.5. The Kier molecular flexibility index (Phi) is 7.79. The van der Waals surface area contributed by atoms with Gasteiger partial charge in [-0.05, 0) is 42.0 Å². The van der Waals surface area contributed by atoms with E-state index in [1.54, 1.807) is 11.8 Å². The predicted octanol–water partition coefficient (Wildman–Crippen LogP) is 4.62. The van der Waals surface area contributed by atoms with E-state index in [-0.39, 0.29) is 11.9 Å². The van der Waals surface area contributed by atoms with Crippen LogP contribution in [0.5, 0.6) is 0 Å². The number of halogens is 1. The number of nitriles is 1. The lowest BCUT2D eigenvalue weighted by molar-refractivity contribution is -0.133. The Balaban J connectivity index is 1.40. The highest BCUT2D eigenvalue weighted by Gasteiger charge is 2.26. The molecular formula is C22H24ClN3OS. The molecule has 3 rings (SSSR count). The van der Waals surface area contributed by atoms with Crippen LogP contribution in [0.3, 0.4) is 0 Å². The zero-order chi connectivity index (χ0) is 19.8. The number of amides is 1. The first-order valence-electron chi connectivity index (χ1n) is 9.52. The summed E-state index contributed by atoms with van der Waals surface area (Å²) >= 11 is 7.64. The van der Waals surface area contributed by atoms with Crippen LogP contribution in [0.4, 0.5) is 0 Å². The zero-order valence-corrected chi connectivity index (χ0v) is 17.3. The molecule has 28 heavy (non-hydrogen) atoms. The summed E-state index contributed by atoms with van der Waals surface area (Å²) < 4.78 is 0. The van der Waals surface area contributed by atoms with Gasteiger partial charge in [0.2, 0.25) is 5.91 Å². The topological polar surface area (TPSA) is 47.3 Å². The van der Waals surface area contributed by atoms with E-state index in [0.717, 1.165) is 35.8 Å². The first-order valence-corrected chi connectivity index (χ1v) is 10.9. The van der Waals surface area contributed by atoms with Crippen LogP contribution in [0, 0.1) is 11.3 Å². The minimum atomic E-state index is -0.241. The fraction of sp³-hybridized carbons (Fsp3) is 0.364. The zero-order valence-electron chi connectivity index (χ0n) is 15.8. The molecule has 0 aromatic heterocycles. The van der Waals surface area contributed by atoms with Crippen molar-refractivity contribution in [3.05, 3.63) is 65.2 Å². The molecule has 1 saturated heterocycles. The molecule has 0 N–H and O–H groups in total. The Morgan fingerprint density at radius 2 is 1.75 bits per heavy atom. The van der Waals surface area contributed by atoms with Gasteiger partial charge in [-0.25, -0.2) is 0 Å². The van der Waals surface area contributed by atoms with Crippen molar-refractivity contribution in [1.82, 2.24) is 9.80 Å². The molecule has 0 spiro atoms. The molecular weight excluding hydrogens is 390 g/mol. The third-order valence-corrected chi connectivity index (χ3v) is 6.24. The number of hydrogen-bond donors (Lipinski definition) is 0. The summed E-state index contributed by atoms with van der Waals surface area (Å²) in [6, 6.07) is 19.8. The maximum atomic E-state index is 12.5. The minimum absolute atomic E-state index is 0.213. The van der Waals surface area contributed by atoms with Crippen molar-refractivity contribution >= 4 is 29.3 Å². The quantitative estimate of drug-likeness (QED) is 0.490. The Bertz CT molecular complexity index is 799. The van der Waals surface area contributed by atoms with Crippen molar-refractivity contribution in [2.24, 2.45) is 0 Å². The normalized spacial score (nSPS) is 15.8. The molecule has 1 unspecified atom stereocenters. The Morgan fingerprint density at radius 3 is 2.39 bits per heavy atom. The van der Waals surface area contributed by atoms with Gasteiger partial charge in [-0.1, -0.05) is 41.9 Å². The van der Waals surface area contributed by atoms with Gasteiger partial charge in [-0.15, -0.1) is 11.8 Å². The fourth-order valence-corrected chi connectivity index (χ4v) is 4.31. The first-order chi connectivity index (χ1) is 13.7. The molecule has 1 aliphatic heterocycles. The van der Waals surface area contributed by atoms with Crippen molar-refractivity contribution in [1.29, 1.82) is 5.26 Å². The fourth-order valence-electron chi connectivity index (χ4n) is 3.33. The van der Waals surface area contributed by atoms with Gasteiger partial charge in [0.15, 0.2) is 0 Å². The number of benzene rings is 2. The summed E-state index contributed by atoms with van der Waals surface area (Å²) in [6.45, 7) is 2.85. The van der Waals surface area contributed by atoms with Crippen LogP contribution in [0.15, 0.2) is 59.5 Å². The summed E-state index contributed by atoms with van der Waals surface area (Å²) in [6.07, 6.45) is 1.43. The number of hydrogen-bond acceptors (Lipinski definition) is 4. The Hall–Kier alpha value is -2.00. The molecule has 6 heteroatoms. The van der Waals surface area contributed by atoms with Crippen LogP contribution < -0.4 is 0 Å². The van der Waals surface area contributed by atoms with Gasteiger partial charge in [0.25, 0.3) is 0 Å². The van der Waals surface area contributed by atoms with Gasteiger partial charge < -0.3 is 4.90 Å². The van der Waals surface area contributed by atoms with Crippen molar-refractivity contribution in [2.45, 2.75) is 23.8 Å². The van der Waals surface area contributed by atoms with Crippen molar-refractivity contribution < 1.29 is 4.79 Å². The number of carbonyl (C=O) groups is 1. The molecule has 2 aromatic rings. The highest BCUT2D eigenvalue weighted by atomic mass is 35.5. The molecule has 1 heterocycles. The van der Waals surface area contributed by atoms with Crippen molar-refractivity contribution in [2.75, 3.05) is 31.9 Å². The largest absolute Gasteiger partial charge is 0.340 e. The number of nitrogens with zero attached hydrogens (tertiary/aromatic N) is 3. The van der Waals surface area contributed by atoms with Crippen molar-refractivity contribution in [3.63, 3.8) is 0 Å². The Morgan fingerprint density at radius 1 is 1.07 bits per heavy atom. The van der Waals surface area contributed by atoms with Crippen LogP contribution in [-0.4, -0.2) is 47.6 Å².